The van der Waals surface area contributed by atoms with Crippen LogP contribution in [-0.4, -0.2) is 88.5 Å². The number of hydrogen-bond donors (Lipinski definition) is 6. The van der Waals surface area contributed by atoms with E-state index in [9.17, 15) is 18.3 Å². The zero-order valence-corrected chi connectivity index (χ0v) is 11.3. The topological polar surface area (TPSA) is 227 Å². The molecule has 0 saturated heterocycles. The van der Waals surface area contributed by atoms with Gasteiger partial charge in [0, 0.05) is 0 Å². The Bertz CT molecular complexity index is 424. The predicted octanol–water partition coefficient (Wildman–Crippen LogP) is -1.94. The van der Waals surface area contributed by atoms with Crippen LogP contribution in [-0.2, 0) is 36.2 Å². The van der Waals surface area contributed by atoms with Crippen LogP contribution in [0.5, 0.6) is 0 Å². The molecule has 0 rings (SSSR count). The van der Waals surface area contributed by atoms with E-state index >= 15 is 0 Å². The Morgan fingerprint density at radius 3 is 0.900 bits per heavy atom. The van der Waals surface area contributed by atoms with Gasteiger partial charge in [-0.15, -0.1) is 9.35 Å². The van der Waals surface area contributed by atoms with Gasteiger partial charge in [-0.25, -0.2) is 18.3 Å². The monoisotopic (exact) mass is 402 g/mol. The minimum atomic E-state index is -5.63. The van der Waals surface area contributed by atoms with Crippen molar-refractivity contribution in [2.75, 3.05) is 0 Å². The molecule has 6 N–H and O–H groups in total. The first-order chi connectivity index (χ1) is 7.62. The number of hydrogen-bond acceptors (Lipinski definition) is 8. The van der Waals surface area contributed by atoms with E-state index in [1.807, 2.05) is 0 Å². The van der Waals surface area contributed by atoms with Crippen molar-refractivity contribution in [3.8, 4) is 0 Å². The molecule has 0 radical (unpaired) electrons. The molecule has 0 spiro atoms. The summed E-state index contributed by atoms with van der Waals surface area (Å²) in [4.78, 5) is 49.5. The zero-order valence-electron chi connectivity index (χ0n) is 7.74. The third kappa shape index (κ3) is 16.9. The van der Waals surface area contributed by atoms with Crippen molar-refractivity contribution >= 4 is 90.4 Å². The van der Waals surface area contributed by atoms with E-state index in [1.54, 1.807) is 0 Å². The van der Waals surface area contributed by atoms with Gasteiger partial charge in [-0.05, 0) is 0 Å². The number of rotatable bonds is 7. The summed E-state index contributed by atoms with van der Waals surface area (Å²) in [6.07, 6.45) is 0. The fraction of sp³-hybridized carbons (Fsp3) is 0. The van der Waals surface area contributed by atoms with Gasteiger partial charge in [-0.1, -0.05) is 0 Å². The van der Waals surface area contributed by atoms with E-state index in [0.717, 1.165) is 0 Å². The van der Waals surface area contributed by atoms with E-state index in [2.05, 4.69) is 18.0 Å². The van der Waals surface area contributed by atoms with Crippen LogP contribution in [0.3, 0.4) is 0 Å². The van der Waals surface area contributed by atoms with E-state index < -0.39 is 31.3 Å². The third-order valence-electron chi connectivity index (χ3n) is 0.641. The normalized spacial score (nSPS) is 18.1. The summed E-state index contributed by atoms with van der Waals surface area (Å²) in [6, 6.07) is 0. The van der Waals surface area contributed by atoms with Gasteiger partial charge >= 0.3 is 90.4 Å². The van der Waals surface area contributed by atoms with Crippen molar-refractivity contribution < 1.29 is 65.6 Å². The zero-order chi connectivity index (χ0) is 14.8. The van der Waals surface area contributed by atoms with Crippen LogP contribution in [0.15, 0.2) is 0 Å². The molecule has 0 fully saturated rings. The molecule has 20 heavy (non-hydrogen) atoms. The first kappa shape index (κ1) is 27.4. The Morgan fingerprint density at radius 1 is 0.550 bits per heavy atom. The van der Waals surface area contributed by atoms with Gasteiger partial charge in [0.15, 0.2) is 0 Å². The Balaban J connectivity index is -0.00000144. The Hall–Kier alpha value is 2.52. The van der Waals surface area contributed by atoms with Gasteiger partial charge in [0.25, 0.3) is 0 Å². The molecule has 0 bridgehead atoms. The maximum atomic E-state index is 10.7. The average Bonchev–Trinajstić information content (AvgIpc) is 1.91. The van der Waals surface area contributed by atoms with Crippen LogP contribution < -0.4 is 0 Å². The molecule has 20 heteroatoms. The molecule has 0 aliphatic rings. The first-order valence-corrected chi connectivity index (χ1v) is 9.24. The van der Waals surface area contributed by atoms with Crippen molar-refractivity contribution in [2.45, 2.75) is 0 Å². The fourth-order valence-electron chi connectivity index (χ4n) is 0.380. The summed E-state index contributed by atoms with van der Waals surface area (Å²) in [6.45, 7) is 0. The molecule has 0 aromatic carbocycles. The van der Waals surface area contributed by atoms with Crippen LogP contribution in [0, 0.1) is 0 Å². The summed E-state index contributed by atoms with van der Waals surface area (Å²) < 4.78 is 54.0. The number of phosphoric acid groups is 4. The van der Waals surface area contributed by atoms with Gasteiger partial charge < -0.3 is 29.4 Å². The van der Waals surface area contributed by atoms with E-state index in [1.165, 1.54) is 0 Å². The molecule has 14 nitrogen and oxygen atoms in total. The molecule has 0 heterocycles. The van der Waals surface area contributed by atoms with Crippen LogP contribution in [0.1, 0.15) is 0 Å². The van der Waals surface area contributed by atoms with Crippen molar-refractivity contribution in [3.05, 3.63) is 0 Å². The predicted molar refractivity (Wildman–Crippen MR) is 62.4 cm³/mol. The van der Waals surface area contributed by atoms with E-state index in [-0.39, 0.29) is 59.1 Å². The Labute approximate surface area is 155 Å². The summed E-state index contributed by atoms with van der Waals surface area (Å²) in [7, 11) is -22.2. The molecule has 0 saturated carbocycles. The van der Waals surface area contributed by atoms with E-state index in [0.29, 0.717) is 0 Å². The van der Waals surface area contributed by atoms with Gasteiger partial charge in [-0.2, -0.15) is 8.62 Å². The molecule has 2 atom stereocenters. The second kappa shape index (κ2) is 9.73. The van der Waals surface area contributed by atoms with Crippen molar-refractivity contribution in [3.63, 3.8) is 0 Å². The molecule has 2 unspecified atom stereocenters. The summed E-state index contributed by atoms with van der Waals surface area (Å²) in [5.74, 6) is 0. The molecule has 114 valence electrons. The van der Waals surface area contributed by atoms with Gasteiger partial charge in [-0.3, -0.25) is 0 Å². The first-order valence-electron chi connectivity index (χ1n) is 3.19. The Morgan fingerprint density at radius 2 is 0.750 bits per heavy atom. The average molecular weight is 402 g/mol. The van der Waals surface area contributed by atoms with Crippen LogP contribution in [0.2, 0.25) is 0 Å². The third-order valence-corrected chi connectivity index (χ3v) is 4.64. The van der Waals surface area contributed by atoms with Crippen molar-refractivity contribution in [1.82, 2.24) is 0 Å². The molecule has 0 aromatic rings. The fourth-order valence-corrected chi connectivity index (χ4v) is 3.42. The van der Waals surface area contributed by atoms with Crippen molar-refractivity contribution in [1.29, 1.82) is 0 Å². The maximum absolute atomic E-state index is 10.7. The van der Waals surface area contributed by atoms with E-state index in [4.69, 9.17) is 29.4 Å². The standard InChI is InChI=1S/2Na.H6O14P4.2H/c;;1-15(2,3)13-17(7,8)11-12-18(9,10)14-16(4,5)6;;/h;;(H,7,8)(H,9,10)(H2,1,2,3)(H2,4,5,6);;. The Kier molecular flexibility index (Phi) is 13.3. The quantitative estimate of drug-likeness (QED) is 0.118. The molecule has 0 aliphatic heterocycles. The molecule has 0 amide bonds. The van der Waals surface area contributed by atoms with Gasteiger partial charge in [0.2, 0.25) is 0 Å². The van der Waals surface area contributed by atoms with Crippen molar-refractivity contribution in [2.24, 2.45) is 0 Å². The molecular weight excluding hydrogens is 394 g/mol. The molecule has 0 aromatic heterocycles. The molecular formula is H8Na2O14P4. The van der Waals surface area contributed by atoms with Crippen LogP contribution >= 0.6 is 31.3 Å². The minimum absolute atomic E-state index is 0. The molecule has 0 aliphatic carbocycles. The van der Waals surface area contributed by atoms with Gasteiger partial charge in [0.1, 0.15) is 0 Å². The second-order valence-corrected chi connectivity index (χ2v) is 7.67. The SMILES string of the molecule is O=P(O)(O)OP(=O)(O)OOP(=O)(O)OP(=O)(O)O.[NaH].[NaH]. The summed E-state index contributed by atoms with van der Waals surface area (Å²) in [5.41, 5.74) is 0. The van der Waals surface area contributed by atoms with Crippen LogP contribution in [0.25, 0.3) is 0 Å². The summed E-state index contributed by atoms with van der Waals surface area (Å²) >= 11 is 0. The van der Waals surface area contributed by atoms with Crippen LogP contribution in [0.4, 0.5) is 0 Å². The second-order valence-electron chi connectivity index (χ2n) is 2.23. The summed E-state index contributed by atoms with van der Waals surface area (Å²) in [5, 5.41) is 0. The van der Waals surface area contributed by atoms with Gasteiger partial charge in [0.05, 0.1) is 0 Å².